The number of hydrogen-bond donors (Lipinski definition) is 0. The minimum absolute atomic E-state index is 0.213. The molecular formula is C17H14F3IN4OS. The zero-order valence-electron chi connectivity index (χ0n) is 13.9. The highest BCUT2D eigenvalue weighted by Gasteiger charge is 2.32. The summed E-state index contributed by atoms with van der Waals surface area (Å²) in [5.74, 6) is 0.761. The number of aromatic nitrogens is 3. The van der Waals surface area contributed by atoms with Crippen molar-refractivity contribution in [2.45, 2.75) is 12.2 Å². The Kier molecular flexibility index (Phi) is 5.21. The lowest BCUT2D eigenvalue weighted by Gasteiger charge is -2.37. The van der Waals surface area contributed by atoms with E-state index in [-0.39, 0.29) is 6.04 Å². The molecule has 3 aromatic rings. The molecule has 142 valence electrons. The van der Waals surface area contributed by atoms with Gasteiger partial charge in [-0.25, -0.2) is 9.97 Å². The molecule has 5 nitrogen and oxygen atoms in total. The second kappa shape index (κ2) is 7.47. The number of anilines is 1. The molecule has 2 aromatic heterocycles. The van der Waals surface area contributed by atoms with Crippen molar-refractivity contribution in [2.75, 3.05) is 24.7 Å². The highest BCUT2D eigenvalue weighted by atomic mass is 127. The topological polar surface area (TPSA) is 43.2 Å². The third kappa shape index (κ3) is 3.61. The molecule has 1 atom stereocenters. The molecular weight excluding hydrogens is 492 g/mol. The van der Waals surface area contributed by atoms with Crippen LogP contribution in [0.5, 0.6) is 0 Å². The smallest absolute Gasteiger partial charge is 0.377 e. The normalized spacial score (nSPS) is 18.2. The van der Waals surface area contributed by atoms with Gasteiger partial charge in [-0.1, -0.05) is 12.1 Å². The maximum absolute atomic E-state index is 12.9. The monoisotopic (exact) mass is 506 g/mol. The van der Waals surface area contributed by atoms with Crippen LogP contribution in [-0.2, 0) is 10.9 Å². The van der Waals surface area contributed by atoms with E-state index in [1.807, 2.05) is 16.2 Å². The van der Waals surface area contributed by atoms with Crippen molar-refractivity contribution in [1.82, 2.24) is 13.9 Å². The maximum Gasteiger partial charge on any atom is 0.416 e. The Morgan fingerprint density at radius 3 is 2.63 bits per heavy atom. The van der Waals surface area contributed by atoms with Crippen LogP contribution in [0.2, 0.25) is 0 Å². The number of alkyl halides is 3. The Morgan fingerprint density at radius 1 is 1.15 bits per heavy atom. The van der Waals surface area contributed by atoms with E-state index in [0.29, 0.717) is 19.8 Å². The zero-order chi connectivity index (χ0) is 19.0. The highest BCUT2D eigenvalue weighted by Crippen LogP contribution is 2.36. The van der Waals surface area contributed by atoms with Crippen molar-refractivity contribution in [3.63, 3.8) is 0 Å². The zero-order valence-corrected chi connectivity index (χ0v) is 16.8. The molecule has 0 aliphatic carbocycles. The van der Waals surface area contributed by atoms with Crippen LogP contribution in [0.3, 0.4) is 0 Å². The fourth-order valence-corrected chi connectivity index (χ4v) is 4.50. The number of morpholine rings is 1. The van der Waals surface area contributed by atoms with Gasteiger partial charge in [0.25, 0.3) is 0 Å². The molecule has 3 heterocycles. The summed E-state index contributed by atoms with van der Waals surface area (Å²) >= 11 is 2.18. The lowest BCUT2D eigenvalue weighted by atomic mass is 10.0. The first kappa shape index (κ1) is 18.8. The summed E-state index contributed by atoms with van der Waals surface area (Å²) in [5.41, 5.74) is 0.907. The molecule has 1 saturated heterocycles. The summed E-state index contributed by atoms with van der Waals surface area (Å²) in [6, 6.07) is 6.99. The van der Waals surface area contributed by atoms with Gasteiger partial charge < -0.3 is 9.64 Å². The van der Waals surface area contributed by atoms with Gasteiger partial charge in [0.2, 0.25) is 0 Å². The molecule has 0 amide bonds. The molecule has 0 spiro atoms. The van der Waals surface area contributed by atoms with E-state index in [1.165, 1.54) is 27.6 Å². The first-order valence-electron chi connectivity index (χ1n) is 8.11. The molecule has 0 N–H and O–H groups in total. The van der Waals surface area contributed by atoms with E-state index < -0.39 is 11.7 Å². The molecule has 10 heteroatoms. The van der Waals surface area contributed by atoms with Crippen LogP contribution in [0.15, 0.2) is 42.9 Å². The Labute approximate surface area is 169 Å². The van der Waals surface area contributed by atoms with Crippen molar-refractivity contribution < 1.29 is 17.9 Å². The number of benzene rings is 1. The van der Waals surface area contributed by atoms with Gasteiger partial charge in [-0.2, -0.15) is 13.2 Å². The van der Waals surface area contributed by atoms with Crippen molar-refractivity contribution in [3.8, 4) is 0 Å². The third-order valence-electron chi connectivity index (χ3n) is 4.52. The van der Waals surface area contributed by atoms with Gasteiger partial charge in [0.1, 0.15) is 12.1 Å². The molecule has 0 saturated carbocycles. The number of halogens is 4. The van der Waals surface area contributed by atoms with Crippen LogP contribution >= 0.6 is 30.3 Å². The number of hydrogen-bond acceptors (Lipinski definition) is 5. The quantitative estimate of drug-likeness (QED) is 0.475. The van der Waals surface area contributed by atoms with E-state index in [1.54, 1.807) is 0 Å². The van der Waals surface area contributed by atoms with Crippen LogP contribution in [-0.4, -0.2) is 33.7 Å². The predicted molar refractivity (Wildman–Crippen MR) is 107 cm³/mol. The predicted octanol–water partition coefficient (Wildman–Crippen LogP) is 4.87. The van der Waals surface area contributed by atoms with Crippen molar-refractivity contribution >= 4 is 47.2 Å². The third-order valence-corrected chi connectivity index (χ3v) is 6.24. The van der Waals surface area contributed by atoms with Gasteiger partial charge in [0.05, 0.1) is 30.2 Å². The van der Waals surface area contributed by atoms with E-state index in [2.05, 4.69) is 36.1 Å². The molecule has 1 aromatic carbocycles. The molecule has 0 radical (unpaired) electrons. The molecule has 1 unspecified atom stereocenters. The standard InChI is InChI=1S/C17H14F3IN4OS/c18-17(19,20)12-3-1-11(2-4-12)14-9-26-8-7-24(14)15-13-5-6-25(27-21)16(13)23-10-22-15/h1-6,10,14H,7-9H2. The lowest BCUT2D eigenvalue weighted by Crippen LogP contribution is -2.40. The summed E-state index contributed by atoms with van der Waals surface area (Å²) < 4.78 is 46.1. The van der Waals surface area contributed by atoms with E-state index in [0.717, 1.165) is 34.5 Å². The number of rotatable bonds is 3. The summed E-state index contributed by atoms with van der Waals surface area (Å²) in [6.07, 6.45) is -0.909. The fraction of sp³-hybridized carbons (Fsp3) is 0.294. The average molecular weight is 506 g/mol. The van der Waals surface area contributed by atoms with Crippen LogP contribution < -0.4 is 4.90 Å². The van der Waals surface area contributed by atoms with Gasteiger partial charge >= 0.3 is 6.18 Å². The Morgan fingerprint density at radius 2 is 1.93 bits per heavy atom. The molecule has 27 heavy (non-hydrogen) atoms. The van der Waals surface area contributed by atoms with E-state index in [9.17, 15) is 13.2 Å². The first-order valence-corrected chi connectivity index (χ1v) is 11.4. The Bertz CT molecular complexity index is 947. The van der Waals surface area contributed by atoms with Crippen LogP contribution in [0, 0.1) is 0 Å². The Balaban J connectivity index is 1.72. The average Bonchev–Trinajstić information content (AvgIpc) is 3.11. The van der Waals surface area contributed by atoms with Crippen molar-refractivity contribution in [2.24, 2.45) is 0 Å². The van der Waals surface area contributed by atoms with Crippen molar-refractivity contribution in [3.05, 3.63) is 54.0 Å². The minimum atomic E-state index is -4.35. The van der Waals surface area contributed by atoms with Crippen LogP contribution in [0.25, 0.3) is 11.0 Å². The first-order chi connectivity index (χ1) is 13.0. The summed E-state index contributed by atoms with van der Waals surface area (Å²) in [5, 5.41) is 0.903. The molecule has 0 bridgehead atoms. The van der Waals surface area contributed by atoms with Gasteiger partial charge in [0, 0.05) is 43.1 Å². The lowest BCUT2D eigenvalue weighted by molar-refractivity contribution is -0.137. The van der Waals surface area contributed by atoms with Gasteiger partial charge in [0.15, 0.2) is 5.65 Å². The second-order valence-corrected chi connectivity index (χ2v) is 7.76. The van der Waals surface area contributed by atoms with E-state index >= 15 is 0 Å². The molecule has 1 aliphatic rings. The Hall–Kier alpha value is -1.53. The SMILES string of the molecule is FC(F)(F)c1ccc(C2COCCN2c2ncnc3c2ccn3SI)cc1. The summed E-state index contributed by atoms with van der Waals surface area (Å²) in [6.45, 7) is 1.52. The van der Waals surface area contributed by atoms with E-state index in [4.69, 9.17) is 4.74 Å². The molecule has 1 fully saturated rings. The van der Waals surface area contributed by atoms with Gasteiger partial charge in [-0.05, 0) is 23.8 Å². The van der Waals surface area contributed by atoms with Crippen LogP contribution in [0.1, 0.15) is 17.2 Å². The summed E-state index contributed by atoms with van der Waals surface area (Å²) in [4.78, 5) is 10.9. The molecule has 4 rings (SSSR count). The van der Waals surface area contributed by atoms with Gasteiger partial charge in [-0.3, -0.25) is 3.97 Å². The highest BCUT2D eigenvalue weighted by molar-refractivity contribution is 14.2. The number of nitrogens with zero attached hydrogens (tertiary/aromatic N) is 4. The largest absolute Gasteiger partial charge is 0.416 e. The molecule has 1 aliphatic heterocycles. The number of ether oxygens (including phenoxy) is 1. The van der Waals surface area contributed by atoms with Crippen LogP contribution in [0.4, 0.5) is 19.0 Å². The van der Waals surface area contributed by atoms with Gasteiger partial charge in [-0.15, -0.1) is 0 Å². The second-order valence-electron chi connectivity index (χ2n) is 6.05. The fourth-order valence-electron chi connectivity index (χ4n) is 3.23. The number of fused-ring (bicyclic) bond motifs is 1. The maximum atomic E-state index is 12.9. The van der Waals surface area contributed by atoms with Crippen molar-refractivity contribution in [1.29, 1.82) is 0 Å². The minimum Gasteiger partial charge on any atom is -0.377 e. The summed E-state index contributed by atoms with van der Waals surface area (Å²) in [7, 11) is 1.51.